The largest absolute Gasteiger partial charge is 0.469 e. The van der Waals surface area contributed by atoms with Crippen LogP contribution in [0.2, 0.25) is 0 Å². The highest BCUT2D eigenvalue weighted by Crippen LogP contribution is 2.07. The van der Waals surface area contributed by atoms with Gasteiger partial charge < -0.3 is 10.1 Å². The number of carbonyl (C=O) groups excluding carboxylic acids is 1. The third-order valence-electron chi connectivity index (χ3n) is 2.84. The molecule has 0 aromatic rings. The van der Waals surface area contributed by atoms with Crippen LogP contribution in [0, 0.1) is 0 Å². The van der Waals surface area contributed by atoms with Crippen LogP contribution in [0.1, 0.15) is 26.2 Å². The maximum atomic E-state index is 11.0. The van der Waals surface area contributed by atoms with Crippen LogP contribution in [0.15, 0.2) is 0 Å². The van der Waals surface area contributed by atoms with Crippen molar-refractivity contribution in [3.05, 3.63) is 0 Å². The fourth-order valence-electron chi connectivity index (χ4n) is 1.82. The lowest BCUT2D eigenvalue weighted by molar-refractivity contribution is -0.140. The van der Waals surface area contributed by atoms with Gasteiger partial charge in [0.05, 0.1) is 7.11 Å². The Balaban J connectivity index is 2.16. The van der Waals surface area contributed by atoms with Gasteiger partial charge in [-0.25, -0.2) is 0 Å². The normalized spacial score (nSPS) is 16.5. The van der Waals surface area contributed by atoms with Gasteiger partial charge in [-0.2, -0.15) is 0 Å². The summed E-state index contributed by atoms with van der Waals surface area (Å²) in [6.07, 6.45) is 2.62. The van der Waals surface area contributed by atoms with E-state index in [0.717, 1.165) is 32.6 Å². The summed E-state index contributed by atoms with van der Waals surface area (Å²) in [5.41, 5.74) is 0. The molecule has 15 heavy (non-hydrogen) atoms. The SMILES string of the molecule is CCCN(CCCC(=O)OC)C1CNC1. The minimum absolute atomic E-state index is 0.0989. The van der Waals surface area contributed by atoms with Crippen LogP contribution < -0.4 is 5.32 Å². The highest BCUT2D eigenvalue weighted by Gasteiger charge is 2.23. The molecule has 0 aromatic heterocycles. The summed E-state index contributed by atoms with van der Waals surface area (Å²) in [6.45, 7) is 6.53. The van der Waals surface area contributed by atoms with Crippen LogP contribution in [0.4, 0.5) is 0 Å². The lowest BCUT2D eigenvalue weighted by atomic mass is 10.1. The molecule has 0 amide bonds. The monoisotopic (exact) mass is 214 g/mol. The average molecular weight is 214 g/mol. The molecule has 1 rings (SSSR count). The number of carbonyl (C=O) groups is 1. The summed E-state index contributed by atoms with van der Waals surface area (Å²) in [5, 5.41) is 3.28. The highest BCUT2D eigenvalue weighted by atomic mass is 16.5. The number of hydrogen-bond donors (Lipinski definition) is 1. The van der Waals surface area contributed by atoms with E-state index < -0.39 is 0 Å². The van der Waals surface area contributed by atoms with Gasteiger partial charge in [-0.1, -0.05) is 6.92 Å². The number of nitrogens with one attached hydrogen (secondary N) is 1. The minimum atomic E-state index is -0.0989. The van der Waals surface area contributed by atoms with Gasteiger partial charge in [0.2, 0.25) is 0 Å². The van der Waals surface area contributed by atoms with Gasteiger partial charge in [0.15, 0.2) is 0 Å². The summed E-state index contributed by atoms with van der Waals surface area (Å²) >= 11 is 0. The second-order valence-corrected chi connectivity index (χ2v) is 4.03. The van der Waals surface area contributed by atoms with Gasteiger partial charge >= 0.3 is 5.97 Å². The predicted molar refractivity (Wildman–Crippen MR) is 59.8 cm³/mol. The zero-order chi connectivity index (χ0) is 11.1. The first-order valence-electron chi connectivity index (χ1n) is 5.79. The third kappa shape index (κ3) is 4.18. The Morgan fingerprint density at radius 2 is 2.20 bits per heavy atom. The second kappa shape index (κ2) is 6.80. The molecule has 4 nitrogen and oxygen atoms in total. The Kier molecular flexibility index (Phi) is 5.65. The van der Waals surface area contributed by atoms with Crippen molar-refractivity contribution in [3.63, 3.8) is 0 Å². The van der Waals surface area contributed by atoms with Crippen molar-refractivity contribution in [1.82, 2.24) is 10.2 Å². The molecule has 0 bridgehead atoms. The average Bonchev–Trinajstić information content (AvgIpc) is 2.15. The minimum Gasteiger partial charge on any atom is -0.469 e. The molecule has 4 heteroatoms. The molecule has 1 fully saturated rings. The molecule has 0 saturated carbocycles. The lowest BCUT2D eigenvalue weighted by Gasteiger charge is -2.38. The molecular formula is C11H22N2O2. The van der Waals surface area contributed by atoms with E-state index in [1.54, 1.807) is 0 Å². The van der Waals surface area contributed by atoms with Crippen molar-refractivity contribution >= 4 is 5.97 Å². The van der Waals surface area contributed by atoms with Gasteiger partial charge in [0, 0.05) is 25.6 Å². The van der Waals surface area contributed by atoms with Crippen molar-refractivity contribution < 1.29 is 9.53 Å². The van der Waals surface area contributed by atoms with Gasteiger partial charge in [-0.15, -0.1) is 0 Å². The Labute approximate surface area is 92.0 Å². The molecule has 1 aliphatic rings. The van der Waals surface area contributed by atoms with Crippen molar-refractivity contribution in [2.75, 3.05) is 33.3 Å². The molecule has 0 radical (unpaired) electrons. The number of esters is 1. The van der Waals surface area contributed by atoms with Crippen LogP contribution in [0.25, 0.3) is 0 Å². The summed E-state index contributed by atoms with van der Waals surface area (Å²) in [7, 11) is 1.45. The first-order valence-corrected chi connectivity index (χ1v) is 5.79. The Morgan fingerprint density at radius 1 is 1.47 bits per heavy atom. The molecule has 0 spiro atoms. The predicted octanol–water partition coefficient (Wildman–Crippen LogP) is 0.623. The van der Waals surface area contributed by atoms with Crippen molar-refractivity contribution in [2.45, 2.75) is 32.2 Å². The maximum absolute atomic E-state index is 11.0. The fourth-order valence-corrected chi connectivity index (χ4v) is 1.82. The molecule has 0 aromatic carbocycles. The molecular weight excluding hydrogens is 192 g/mol. The van der Waals surface area contributed by atoms with Gasteiger partial charge in [0.25, 0.3) is 0 Å². The van der Waals surface area contributed by atoms with E-state index in [4.69, 9.17) is 0 Å². The fraction of sp³-hybridized carbons (Fsp3) is 0.909. The first kappa shape index (κ1) is 12.5. The number of ether oxygens (including phenoxy) is 1. The molecule has 1 saturated heterocycles. The van der Waals surface area contributed by atoms with E-state index >= 15 is 0 Å². The lowest BCUT2D eigenvalue weighted by Crippen LogP contribution is -2.57. The topological polar surface area (TPSA) is 41.6 Å². The standard InChI is InChI=1S/C11H22N2O2/c1-3-6-13(10-8-12-9-10)7-4-5-11(14)15-2/h10,12H,3-9H2,1-2H3. The van der Waals surface area contributed by atoms with Crippen LogP contribution >= 0.6 is 0 Å². The van der Waals surface area contributed by atoms with Crippen molar-refractivity contribution in [1.29, 1.82) is 0 Å². The first-order chi connectivity index (χ1) is 7.27. The summed E-state index contributed by atoms with van der Waals surface area (Å²) in [6, 6.07) is 0.683. The Bertz CT molecular complexity index is 193. The van der Waals surface area contributed by atoms with E-state index in [-0.39, 0.29) is 5.97 Å². The molecule has 1 N–H and O–H groups in total. The number of nitrogens with zero attached hydrogens (tertiary/aromatic N) is 1. The van der Waals surface area contributed by atoms with Crippen molar-refractivity contribution in [2.24, 2.45) is 0 Å². The Morgan fingerprint density at radius 3 is 2.67 bits per heavy atom. The second-order valence-electron chi connectivity index (χ2n) is 4.03. The van der Waals surface area contributed by atoms with E-state index in [2.05, 4.69) is 21.9 Å². The summed E-state index contributed by atoms with van der Waals surface area (Å²) in [4.78, 5) is 13.4. The summed E-state index contributed by atoms with van der Waals surface area (Å²) in [5.74, 6) is -0.0989. The summed E-state index contributed by atoms with van der Waals surface area (Å²) < 4.78 is 4.62. The molecule has 1 aliphatic heterocycles. The maximum Gasteiger partial charge on any atom is 0.305 e. The Hall–Kier alpha value is -0.610. The smallest absolute Gasteiger partial charge is 0.305 e. The number of hydrogen-bond acceptors (Lipinski definition) is 4. The van der Waals surface area contributed by atoms with Crippen molar-refractivity contribution in [3.8, 4) is 0 Å². The molecule has 0 aliphatic carbocycles. The van der Waals surface area contributed by atoms with E-state index in [0.29, 0.717) is 12.5 Å². The van der Waals surface area contributed by atoms with Crippen LogP contribution in [-0.4, -0.2) is 50.2 Å². The van der Waals surface area contributed by atoms with E-state index in [1.807, 2.05) is 0 Å². The van der Waals surface area contributed by atoms with Gasteiger partial charge in [-0.3, -0.25) is 9.69 Å². The van der Waals surface area contributed by atoms with Crippen LogP contribution in [0.5, 0.6) is 0 Å². The molecule has 1 heterocycles. The highest BCUT2D eigenvalue weighted by molar-refractivity contribution is 5.69. The van der Waals surface area contributed by atoms with Crippen LogP contribution in [0.3, 0.4) is 0 Å². The van der Waals surface area contributed by atoms with Crippen LogP contribution in [-0.2, 0) is 9.53 Å². The van der Waals surface area contributed by atoms with E-state index in [9.17, 15) is 4.79 Å². The number of methoxy groups -OCH3 is 1. The quantitative estimate of drug-likeness (QED) is 0.631. The zero-order valence-electron chi connectivity index (χ0n) is 9.79. The molecule has 0 atom stereocenters. The molecule has 88 valence electrons. The van der Waals surface area contributed by atoms with Gasteiger partial charge in [0.1, 0.15) is 0 Å². The number of rotatable bonds is 7. The zero-order valence-corrected chi connectivity index (χ0v) is 9.79. The third-order valence-corrected chi connectivity index (χ3v) is 2.84. The van der Waals surface area contributed by atoms with Gasteiger partial charge in [-0.05, 0) is 25.9 Å². The molecule has 0 unspecified atom stereocenters. The van der Waals surface area contributed by atoms with E-state index in [1.165, 1.54) is 13.5 Å².